The number of carbonyl (C=O) groups is 2. The monoisotopic (exact) mass is 637 g/mol. The number of allylic oxidation sites excluding steroid dienone is 1. The summed E-state index contributed by atoms with van der Waals surface area (Å²) in [7, 11) is 3.11. The molecular formula is C33H39N3O8S. The van der Waals surface area contributed by atoms with Crippen molar-refractivity contribution in [2.45, 2.75) is 40.7 Å². The van der Waals surface area contributed by atoms with E-state index in [4.69, 9.17) is 28.7 Å². The zero-order valence-electron chi connectivity index (χ0n) is 26.7. The number of hydrogen-bond donors (Lipinski definition) is 0. The van der Waals surface area contributed by atoms with Crippen molar-refractivity contribution in [2.24, 2.45) is 4.99 Å². The Bertz CT molecular complexity index is 1770. The topological polar surface area (TPSA) is 118 Å². The average Bonchev–Trinajstić information content (AvgIpc) is 3.34. The van der Waals surface area contributed by atoms with Gasteiger partial charge in [0.1, 0.15) is 17.5 Å². The van der Waals surface area contributed by atoms with Crippen molar-refractivity contribution in [3.05, 3.63) is 78.5 Å². The molecule has 1 amide bonds. The summed E-state index contributed by atoms with van der Waals surface area (Å²) in [4.78, 5) is 46.9. The van der Waals surface area contributed by atoms with Gasteiger partial charge in [-0.3, -0.25) is 14.2 Å². The molecule has 45 heavy (non-hydrogen) atoms. The zero-order valence-corrected chi connectivity index (χ0v) is 27.5. The van der Waals surface area contributed by atoms with Gasteiger partial charge in [0, 0.05) is 18.7 Å². The molecule has 0 saturated carbocycles. The summed E-state index contributed by atoms with van der Waals surface area (Å²) in [5.74, 6) is 1.18. The lowest BCUT2D eigenvalue weighted by molar-refractivity contribution is -0.145. The van der Waals surface area contributed by atoms with Crippen molar-refractivity contribution in [1.82, 2.24) is 9.47 Å². The lowest BCUT2D eigenvalue weighted by atomic mass is 9.93. The number of nitrogens with zero attached hydrogens (tertiary/aromatic N) is 3. The molecule has 1 atom stereocenters. The second-order valence-corrected chi connectivity index (χ2v) is 10.9. The molecule has 0 spiro atoms. The van der Waals surface area contributed by atoms with E-state index in [9.17, 15) is 14.4 Å². The molecule has 0 bridgehead atoms. The summed E-state index contributed by atoms with van der Waals surface area (Å²) in [6.07, 6.45) is 1.74. The Morgan fingerprint density at radius 3 is 2.33 bits per heavy atom. The summed E-state index contributed by atoms with van der Waals surface area (Å²) >= 11 is 1.22. The van der Waals surface area contributed by atoms with Gasteiger partial charge in [0.15, 0.2) is 22.9 Å². The number of aromatic nitrogens is 1. The van der Waals surface area contributed by atoms with Crippen LogP contribution in [0.3, 0.4) is 0 Å². The summed E-state index contributed by atoms with van der Waals surface area (Å²) in [5, 5.41) is 0. The number of esters is 1. The van der Waals surface area contributed by atoms with E-state index in [0.29, 0.717) is 74.4 Å². The van der Waals surface area contributed by atoms with Crippen molar-refractivity contribution in [3.63, 3.8) is 0 Å². The van der Waals surface area contributed by atoms with E-state index in [1.165, 1.54) is 11.3 Å². The number of methoxy groups -OCH3 is 2. The normalized spacial score (nSPS) is 14.4. The highest BCUT2D eigenvalue weighted by molar-refractivity contribution is 7.07. The van der Waals surface area contributed by atoms with Gasteiger partial charge < -0.3 is 28.6 Å². The highest BCUT2D eigenvalue weighted by Gasteiger charge is 2.36. The first-order valence-electron chi connectivity index (χ1n) is 14.8. The maximum atomic E-state index is 14.2. The largest absolute Gasteiger partial charge is 0.497 e. The number of carbonyl (C=O) groups excluding carboxylic acids is 2. The van der Waals surface area contributed by atoms with Gasteiger partial charge in [0.05, 0.1) is 43.2 Å². The van der Waals surface area contributed by atoms with Crippen LogP contribution in [0.4, 0.5) is 0 Å². The summed E-state index contributed by atoms with van der Waals surface area (Å²) in [6, 6.07) is 9.71. The Hall–Kier alpha value is -4.58. The van der Waals surface area contributed by atoms with Crippen LogP contribution in [0.5, 0.6) is 23.0 Å². The molecule has 2 aromatic carbocycles. The van der Waals surface area contributed by atoms with Gasteiger partial charge in [0.25, 0.3) is 11.5 Å². The molecule has 12 heteroatoms. The third kappa shape index (κ3) is 7.06. The van der Waals surface area contributed by atoms with Crippen molar-refractivity contribution < 1.29 is 33.3 Å². The van der Waals surface area contributed by atoms with E-state index in [0.717, 1.165) is 0 Å². The smallest absolute Gasteiger partial charge is 0.344 e. The molecule has 0 saturated heterocycles. The second-order valence-electron chi connectivity index (χ2n) is 9.90. The lowest BCUT2D eigenvalue weighted by Crippen LogP contribution is -2.43. The van der Waals surface area contributed by atoms with Crippen molar-refractivity contribution >= 4 is 29.3 Å². The van der Waals surface area contributed by atoms with Crippen LogP contribution in [-0.2, 0) is 14.3 Å². The van der Waals surface area contributed by atoms with Gasteiger partial charge in [0.2, 0.25) is 0 Å². The number of rotatable bonds is 13. The Balaban J connectivity index is 1.88. The van der Waals surface area contributed by atoms with Crippen molar-refractivity contribution in [2.75, 3.05) is 47.1 Å². The van der Waals surface area contributed by atoms with E-state index in [-0.39, 0.29) is 24.7 Å². The number of hydrogen-bond acceptors (Lipinski definition) is 10. The summed E-state index contributed by atoms with van der Waals surface area (Å²) < 4.78 is 29.5. The van der Waals surface area contributed by atoms with Crippen LogP contribution in [0.25, 0.3) is 6.08 Å². The van der Waals surface area contributed by atoms with Gasteiger partial charge >= 0.3 is 5.97 Å². The minimum Gasteiger partial charge on any atom is -0.497 e. The number of benzene rings is 2. The number of amides is 1. The third-order valence-electron chi connectivity index (χ3n) is 7.25. The standard InChI is InChI=1S/C33H39N3O8S/c1-8-35(9-2)32(39)29-20(5)34-33-36(30(29)23-18-22(40-6)13-15-24(23)41-7)31(38)27(45-33)17-21-12-14-25(26(16-21)42-10-3)44-19-28(37)43-11-4/h12-18,30H,8-11,19H2,1-7H3/b27-17+/t30-/m1/s1. The van der Waals surface area contributed by atoms with E-state index < -0.39 is 12.0 Å². The fourth-order valence-corrected chi connectivity index (χ4v) is 6.16. The van der Waals surface area contributed by atoms with Crippen molar-refractivity contribution in [1.29, 1.82) is 0 Å². The molecule has 0 radical (unpaired) electrons. The zero-order chi connectivity index (χ0) is 32.7. The Labute approximate surface area is 266 Å². The minimum atomic E-state index is -0.806. The van der Waals surface area contributed by atoms with E-state index >= 15 is 0 Å². The Kier molecular flexibility index (Phi) is 11.1. The Morgan fingerprint density at radius 2 is 1.69 bits per heavy atom. The average molecular weight is 638 g/mol. The maximum absolute atomic E-state index is 14.2. The van der Waals surface area contributed by atoms with Gasteiger partial charge in [-0.2, -0.15) is 0 Å². The maximum Gasteiger partial charge on any atom is 0.344 e. The van der Waals surface area contributed by atoms with E-state index in [1.807, 2.05) is 20.8 Å². The van der Waals surface area contributed by atoms with Crippen molar-refractivity contribution in [3.8, 4) is 23.0 Å². The van der Waals surface area contributed by atoms with Gasteiger partial charge in [-0.1, -0.05) is 17.4 Å². The molecule has 4 rings (SSSR count). The van der Waals surface area contributed by atoms with Crippen LogP contribution >= 0.6 is 11.3 Å². The third-order valence-corrected chi connectivity index (χ3v) is 8.23. The first-order valence-corrected chi connectivity index (χ1v) is 15.6. The number of thiazole rings is 1. The fourth-order valence-electron chi connectivity index (χ4n) is 5.12. The molecule has 1 aliphatic rings. The lowest BCUT2D eigenvalue weighted by Gasteiger charge is -2.30. The second kappa shape index (κ2) is 14.9. The summed E-state index contributed by atoms with van der Waals surface area (Å²) in [5.41, 5.74) is 1.89. The predicted molar refractivity (Wildman–Crippen MR) is 171 cm³/mol. The number of fused-ring (bicyclic) bond motifs is 1. The van der Waals surface area contributed by atoms with Gasteiger partial charge in [-0.05, 0) is 76.6 Å². The molecule has 11 nitrogen and oxygen atoms in total. The molecule has 240 valence electrons. The molecule has 1 aromatic heterocycles. The molecule has 0 aliphatic carbocycles. The van der Waals surface area contributed by atoms with E-state index in [1.54, 1.807) is 80.0 Å². The molecule has 0 N–H and O–H groups in total. The molecule has 3 aromatic rings. The van der Waals surface area contributed by atoms with Crippen LogP contribution in [0.1, 0.15) is 51.8 Å². The quantitative estimate of drug-likeness (QED) is 0.262. The minimum absolute atomic E-state index is 0.204. The molecular weight excluding hydrogens is 598 g/mol. The van der Waals surface area contributed by atoms with E-state index in [2.05, 4.69) is 0 Å². The first-order chi connectivity index (χ1) is 21.7. The molecule has 0 unspecified atom stereocenters. The number of likely N-dealkylation sites (N-methyl/N-ethyl adjacent to an activating group) is 1. The fraction of sp³-hybridized carbons (Fsp3) is 0.394. The van der Waals surface area contributed by atoms with Gasteiger partial charge in [-0.25, -0.2) is 9.79 Å². The Morgan fingerprint density at radius 1 is 0.956 bits per heavy atom. The predicted octanol–water partition coefficient (Wildman–Crippen LogP) is 3.46. The highest BCUT2D eigenvalue weighted by Crippen LogP contribution is 2.38. The van der Waals surface area contributed by atoms with Crippen LogP contribution in [0, 0.1) is 0 Å². The number of ether oxygens (including phenoxy) is 5. The highest BCUT2D eigenvalue weighted by atomic mass is 32.1. The SMILES string of the molecule is CCOC(=O)COc1ccc(/C=c2/sc3n(c2=O)[C@H](c2cc(OC)ccc2OC)C(C(=O)N(CC)CC)=C(C)N=3)cc1OCC. The van der Waals surface area contributed by atoms with Gasteiger partial charge in [-0.15, -0.1) is 0 Å². The first kappa shape index (κ1) is 33.3. The molecule has 0 fully saturated rings. The molecule has 2 heterocycles. The summed E-state index contributed by atoms with van der Waals surface area (Å²) in [6.45, 7) is 10.5. The van der Waals surface area contributed by atoms with Crippen LogP contribution in [-0.4, -0.2) is 68.5 Å². The van der Waals surface area contributed by atoms with Crippen LogP contribution in [0.2, 0.25) is 0 Å². The molecule has 1 aliphatic heterocycles. The van der Waals surface area contributed by atoms with Crippen LogP contribution in [0.15, 0.2) is 57.5 Å². The van der Waals surface area contributed by atoms with Crippen LogP contribution < -0.4 is 33.8 Å².